The highest BCUT2D eigenvalue weighted by Crippen LogP contribution is 2.44. The van der Waals surface area contributed by atoms with Crippen LogP contribution in [0.4, 0.5) is 5.69 Å². The first-order valence-corrected chi connectivity index (χ1v) is 5.64. The third kappa shape index (κ3) is 1.51. The van der Waals surface area contributed by atoms with Crippen LogP contribution in [0.1, 0.15) is 18.5 Å². The first-order chi connectivity index (χ1) is 7.17. The standard InChI is InChI=1S/C12H17N3/c1-9-6-11(4-5-14-9)15-7-12(13,8-15)10-2-3-10/h4-6,10H,2-3,7-8,13H2,1H3. The van der Waals surface area contributed by atoms with Crippen LogP contribution in [0, 0.1) is 12.8 Å². The van der Waals surface area contributed by atoms with E-state index >= 15 is 0 Å². The quantitative estimate of drug-likeness (QED) is 0.788. The van der Waals surface area contributed by atoms with Crippen LogP contribution in [0.25, 0.3) is 0 Å². The molecule has 2 fully saturated rings. The second-order valence-electron chi connectivity index (χ2n) is 5.02. The van der Waals surface area contributed by atoms with E-state index in [0.717, 1.165) is 24.7 Å². The molecule has 3 rings (SSSR count). The van der Waals surface area contributed by atoms with Crippen LogP contribution in [0.15, 0.2) is 18.3 Å². The summed E-state index contributed by atoms with van der Waals surface area (Å²) in [5.41, 5.74) is 8.77. The van der Waals surface area contributed by atoms with E-state index in [0.29, 0.717) is 0 Å². The van der Waals surface area contributed by atoms with Gasteiger partial charge in [-0.25, -0.2) is 0 Å². The van der Waals surface area contributed by atoms with Crippen molar-refractivity contribution < 1.29 is 0 Å². The Bertz CT molecular complexity index is 378. The van der Waals surface area contributed by atoms with Gasteiger partial charge in [-0.1, -0.05) is 0 Å². The van der Waals surface area contributed by atoms with Crippen molar-refractivity contribution in [3.8, 4) is 0 Å². The minimum atomic E-state index is 0.108. The predicted molar refractivity (Wildman–Crippen MR) is 60.8 cm³/mol. The third-order valence-corrected chi connectivity index (χ3v) is 3.61. The minimum absolute atomic E-state index is 0.108. The minimum Gasteiger partial charge on any atom is -0.368 e. The second kappa shape index (κ2) is 2.95. The maximum atomic E-state index is 6.32. The molecule has 1 aromatic rings. The Morgan fingerprint density at radius 2 is 2.20 bits per heavy atom. The van der Waals surface area contributed by atoms with Gasteiger partial charge in [0.2, 0.25) is 0 Å². The smallest absolute Gasteiger partial charge is 0.0538 e. The molecule has 3 nitrogen and oxygen atoms in total. The van der Waals surface area contributed by atoms with Crippen LogP contribution < -0.4 is 10.6 Å². The molecule has 0 spiro atoms. The van der Waals surface area contributed by atoms with E-state index in [1.165, 1.54) is 18.5 Å². The van der Waals surface area contributed by atoms with Crippen LogP contribution in [0.2, 0.25) is 0 Å². The molecular weight excluding hydrogens is 186 g/mol. The van der Waals surface area contributed by atoms with Gasteiger partial charge in [-0.2, -0.15) is 0 Å². The molecule has 2 aliphatic rings. The highest BCUT2D eigenvalue weighted by atomic mass is 15.3. The van der Waals surface area contributed by atoms with Crippen molar-refractivity contribution >= 4 is 5.69 Å². The lowest BCUT2D eigenvalue weighted by Crippen LogP contribution is -2.69. The number of aryl methyl sites for hydroxylation is 1. The van der Waals surface area contributed by atoms with E-state index in [9.17, 15) is 0 Å². The molecule has 0 atom stereocenters. The first-order valence-electron chi connectivity index (χ1n) is 5.64. The summed E-state index contributed by atoms with van der Waals surface area (Å²) in [6, 6.07) is 4.20. The molecule has 1 aliphatic carbocycles. The van der Waals surface area contributed by atoms with Gasteiger partial charge in [-0.3, -0.25) is 4.98 Å². The number of pyridine rings is 1. The maximum absolute atomic E-state index is 6.32. The number of anilines is 1. The molecule has 0 unspecified atom stereocenters. The third-order valence-electron chi connectivity index (χ3n) is 3.61. The molecule has 80 valence electrons. The molecule has 1 saturated carbocycles. The summed E-state index contributed by atoms with van der Waals surface area (Å²) >= 11 is 0. The highest BCUT2D eigenvalue weighted by Gasteiger charge is 2.50. The molecule has 15 heavy (non-hydrogen) atoms. The molecule has 1 aromatic heterocycles. The van der Waals surface area contributed by atoms with Crippen LogP contribution in [0.5, 0.6) is 0 Å². The van der Waals surface area contributed by atoms with Crippen molar-refractivity contribution in [3.63, 3.8) is 0 Å². The zero-order valence-corrected chi connectivity index (χ0v) is 9.11. The lowest BCUT2D eigenvalue weighted by atomic mass is 9.85. The van der Waals surface area contributed by atoms with E-state index in [1.807, 2.05) is 13.1 Å². The molecule has 2 heterocycles. The van der Waals surface area contributed by atoms with Gasteiger partial charge in [0.1, 0.15) is 0 Å². The van der Waals surface area contributed by atoms with Gasteiger partial charge in [-0.15, -0.1) is 0 Å². The Kier molecular flexibility index (Phi) is 1.80. The molecule has 1 saturated heterocycles. The summed E-state index contributed by atoms with van der Waals surface area (Å²) in [6.07, 6.45) is 4.54. The zero-order chi connectivity index (χ0) is 10.5. The van der Waals surface area contributed by atoms with Gasteiger partial charge in [0.15, 0.2) is 0 Å². The maximum Gasteiger partial charge on any atom is 0.0538 e. The van der Waals surface area contributed by atoms with Crippen LogP contribution >= 0.6 is 0 Å². The van der Waals surface area contributed by atoms with Crippen LogP contribution in [0.3, 0.4) is 0 Å². The predicted octanol–water partition coefficient (Wildman–Crippen LogP) is 1.32. The topological polar surface area (TPSA) is 42.1 Å². The Hall–Kier alpha value is -1.09. The van der Waals surface area contributed by atoms with E-state index in [-0.39, 0.29) is 5.54 Å². The van der Waals surface area contributed by atoms with Gasteiger partial charge in [-0.05, 0) is 37.8 Å². The van der Waals surface area contributed by atoms with Gasteiger partial charge in [0, 0.05) is 30.7 Å². The van der Waals surface area contributed by atoms with Crippen LogP contribution in [-0.2, 0) is 0 Å². The Labute approximate surface area is 90.3 Å². The average Bonchev–Trinajstić information content (AvgIpc) is 2.96. The number of nitrogens with zero attached hydrogens (tertiary/aromatic N) is 2. The molecule has 1 aliphatic heterocycles. The molecule has 2 N–H and O–H groups in total. The SMILES string of the molecule is Cc1cc(N2CC(N)(C3CC3)C2)ccn1. The van der Waals surface area contributed by atoms with E-state index in [2.05, 4.69) is 22.0 Å². The van der Waals surface area contributed by atoms with Crippen molar-refractivity contribution in [2.45, 2.75) is 25.3 Å². The van der Waals surface area contributed by atoms with Gasteiger partial charge in [0.05, 0.1) is 5.54 Å². The first kappa shape index (κ1) is 9.16. The summed E-state index contributed by atoms with van der Waals surface area (Å²) in [6.45, 7) is 4.06. The average molecular weight is 203 g/mol. The van der Waals surface area contributed by atoms with Crippen molar-refractivity contribution in [3.05, 3.63) is 24.0 Å². The normalized spacial score (nSPS) is 23.7. The van der Waals surface area contributed by atoms with E-state index in [1.54, 1.807) is 0 Å². The lowest BCUT2D eigenvalue weighted by molar-refractivity contribution is 0.291. The van der Waals surface area contributed by atoms with Crippen molar-refractivity contribution in [1.82, 2.24) is 4.98 Å². The Balaban J connectivity index is 1.71. The van der Waals surface area contributed by atoms with Crippen molar-refractivity contribution in [2.75, 3.05) is 18.0 Å². The Morgan fingerprint density at radius 1 is 1.47 bits per heavy atom. The molecule has 0 aromatic carbocycles. The fraction of sp³-hybridized carbons (Fsp3) is 0.583. The summed E-state index contributed by atoms with van der Waals surface area (Å²) in [5, 5.41) is 0. The van der Waals surface area contributed by atoms with Crippen molar-refractivity contribution in [1.29, 1.82) is 0 Å². The van der Waals surface area contributed by atoms with Gasteiger partial charge >= 0.3 is 0 Å². The van der Waals surface area contributed by atoms with Gasteiger partial charge < -0.3 is 10.6 Å². The summed E-state index contributed by atoms with van der Waals surface area (Å²) in [7, 11) is 0. The van der Waals surface area contributed by atoms with E-state index < -0.39 is 0 Å². The molecule has 3 heteroatoms. The largest absolute Gasteiger partial charge is 0.368 e. The number of hydrogen-bond donors (Lipinski definition) is 1. The highest BCUT2D eigenvalue weighted by molar-refractivity contribution is 5.51. The lowest BCUT2D eigenvalue weighted by Gasteiger charge is -2.49. The molecular formula is C12H17N3. The van der Waals surface area contributed by atoms with Gasteiger partial charge in [0.25, 0.3) is 0 Å². The fourth-order valence-electron chi connectivity index (χ4n) is 2.49. The second-order valence-corrected chi connectivity index (χ2v) is 5.02. The zero-order valence-electron chi connectivity index (χ0n) is 9.11. The summed E-state index contributed by atoms with van der Waals surface area (Å²) < 4.78 is 0. The molecule has 0 amide bonds. The summed E-state index contributed by atoms with van der Waals surface area (Å²) in [4.78, 5) is 6.56. The Morgan fingerprint density at radius 3 is 2.80 bits per heavy atom. The number of nitrogens with two attached hydrogens (primary N) is 1. The van der Waals surface area contributed by atoms with Crippen molar-refractivity contribution in [2.24, 2.45) is 11.7 Å². The monoisotopic (exact) mass is 203 g/mol. The number of hydrogen-bond acceptors (Lipinski definition) is 3. The van der Waals surface area contributed by atoms with E-state index in [4.69, 9.17) is 5.73 Å². The number of aromatic nitrogens is 1. The number of rotatable bonds is 2. The summed E-state index contributed by atoms with van der Waals surface area (Å²) in [5.74, 6) is 0.789. The molecule has 0 bridgehead atoms. The van der Waals surface area contributed by atoms with Crippen LogP contribution in [-0.4, -0.2) is 23.6 Å². The molecule has 0 radical (unpaired) electrons. The fourth-order valence-corrected chi connectivity index (χ4v) is 2.49.